The molecule has 0 bridgehead atoms. The highest BCUT2D eigenvalue weighted by Crippen LogP contribution is 2.28. The Balaban J connectivity index is 2.14. The number of rotatable bonds is 5. The Morgan fingerprint density at radius 1 is 1.45 bits per heavy atom. The molecule has 1 aromatic heterocycles. The van der Waals surface area contributed by atoms with Gasteiger partial charge in [0.1, 0.15) is 5.82 Å². The number of benzene rings is 1. The summed E-state index contributed by atoms with van der Waals surface area (Å²) in [6.07, 6.45) is 0. The zero-order chi connectivity index (χ0) is 14.7. The Kier molecular flexibility index (Phi) is 4.46. The highest BCUT2D eigenvalue weighted by Gasteiger charge is 2.19. The van der Waals surface area contributed by atoms with Crippen LogP contribution >= 0.6 is 27.3 Å². The highest BCUT2D eigenvalue weighted by atomic mass is 79.9. The fraction of sp³-hybridized carbons (Fsp3) is 0.0833. The molecule has 0 aliphatic rings. The summed E-state index contributed by atoms with van der Waals surface area (Å²) in [4.78, 5) is 22.3. The van der Waals surface area contributed by atoms with Crippen LogP contribution in [0.15, 0.2) is 34.1 Å². The molecule has 0 amide bonds. The number of Topliss-reactive ketones (excluding diaryl/α,β-unsaturated/α-hetero) is 1. The summed E-state index contributed by atoms with van der Waals surface area (Å²) < 4.78 is 18.7. The predicted octanol–water partition coefficient (Wildman–Crippen LogP) is 3.82. The minimum atomic E-state index is -0.760. The van der Waals surface area contributed by atoms with Gasteiger partial charge in [0.2, 0.25) is 5.78 Å². The van der Waals surface area contributed by atoms with Gasteiger partial charge in [0.15, 0.2) is 12.4 Å². The van der Waals surface area contributed by atoms with Crippen molar-refractivity contribution in [2.75, 3.05) is 6.61 Å². The summed E-state index contributed by atoms with van der Waals surface area (Å²) in [6, 6.07) is 4.64. The average molecular weight is 360 g/mol. The van der Waals surface area contributed by atoms with E-state index in [2.05, 4.69) is 15.9 Å². The van der Waals surface area contributed by atoms with Gasteiger partial charge in [0.05, 0.1) is 15.9 Å². The van der Waals surface area contributed by atoms with Crippen molar-refractivity contribution in [3.8, 4) is 5.75 Å². The van der Waals surface area contributed by atoms with Gasteiger partial charge in [-0.2, -0.15) is 0 Å². The lowest BCUT2D eigenvalue weighted by Crippen LogP contribution is -2.11. The molecule has 1 aromatic carbocycles. The van der Waals surface area contributed by atoms with Crippen molar-refractivity contribution in [1.82, 2.24) is 0 Å². The van der Waals surface area contributed by atoms with Crippen molar-refractivity contribution < 1.29 is 18.8 Å². The van der Waals surface area contributed by atoms with Gasteiger partial charge in [-0.15, -0.1) is 11.3 Å². The zero-order valence-corrected chi connectivity index (χ0v) is 12.2. The van der Waals surface area contributed by atoms with Crippen molar-refractivity contribution in [3.05, 3.63) is 54.9 Å². The van der Waals surface area contributed by atoms with E-state index in [-0.39, 0.29) is 18.1 Å². The summed E-state index contributed by atoms with van der Waals surface area (Å²) in [5.74, 6) is -1.20. The molecule has 0 aliphatic heterocycles. The molecule has 1 heterocycles. The van der Waals surface area contributed by atoms with E-state index in [9.17, 15) is 19.3 Å². The summed E-state index contributed by atoms with van der Waals surface area (Å²) >= 11 is 4.45. The Bertz CT molecular complexity index is 673. The third kappa shape index (κ3) is 3.20. The van der Waals surface area contributed by atoms with Crippen LogP contribution in [0.3, 0.4) is 0 Å². The van der Waals surface area contributed by atoms with Crippen LogP contribution in [0.4, 0.5) is 10.1 Å². The molecule has 0 aliphatic carbocycles. The van der Waals surface area contributed by atoms with Gasteiger partial charge >= 0.3 is 5.69 Å². The monoisotopic (exact) mass is 359 g/mol. The number of nitro benzene ring substituents is 1. The Morgan fingerprint density at radius 2 is 2.20 bits per heavy atom. The summed E-state index contributed by atoms with van der Waals surface area (Å²) in [7, 11) is 0. The van der Waals surface area contributed by atoms with Crippen molar-refractivity contribution in [2.45, 2.75) is 0 Å². The van der Waals surface area contributed by atoms with E-state index in [1.807, 2.05) is 0 Å². The number of ketones is 1. The maximum atomic E-state index is 13.0. The fourth-order valence-electron chi connectivity index (χ4n) is 1.46. The molecule has 2 aromatic rings. The van der Waals surface area contributed by atoms with Crippen molar-refractivity contribution in [1.29, 1.82) is 0 Å². The van der Waals surface area contributed by atoms with Crippen LogP contribution in [0.5, 0.6) is 5.75 Å². The first kappa shape index (κ1) is 14.6. The molecule has 0 radical (unpaired) electrons. The Hall–Kier alpha value is -1.80. The molecule has 20 heavy (non-hydrogen) atoms. The van der Waals surface area contributed by atoms with Gasteiger partial charge in [0.25, 0.3) is 0 Å². The van der Waals surface area contributed by atoms with Gasteiger partial charge < -0.3 is 4.74 Å². The maximum Gasteiger partial charge on any atom is 0.313 e. The van der Waals surface area contributed by atoms with Crippen LogP contribution in [-0.4, -0.2) is 17.3 Å². The molecule has 8 heteroatoms. The van der Waals surface area contributed by atoms with E-state index in [0.717, 1.165) is 18.2 Å². The van der Waals surface area contributed by atoms with Gasteiger partial charge in [0, 0.05) is 4.47 Å². The number of thiophene rings is 1. The predicted molar refractivity (Wildman–Crippen MR) is 74.9 cm³/mol. The second-order valence-corrected chi connectivity index (χ2v) is 5.45. The molecule has 0 fully saturated rings. The van der Waals surface area contributed by atoms with E-state index in [4.69, 9.17) is 4.74 Å². The Labute approximate surface area is 125 Å². The van der Waals surface area contributed by atoms with E-state index in [1.165, 1.54) is 11.3 Å². The largest absolute Gasteiger partial charge is 0.478 e. The number of nitrogens with zero attached hydrogens (tertiary/aromatic N) is 1. The summed E-state index contributed by atoms with van der Waals surface area (Å²) in [5.41, 5.74) is -0.511. The van der Waals surface area contributed by atoms with Crippen LogP contribution in [-0.2, 0) is 0 Å². The number of carbonyl (C=O) groups is 1. The highest BCUT2D eigenvalue weighted by molar-refractivity contribution is 9.10. The minimum Gasteiger partial charge on any atom is -0.478 e. The fourth-order valence-corrected chi connectivity index (χ4v) is 2.98. The van der Waals surface area contributed by atoms with Gasteiger partial charge in [-0.1, -0.05) is 0 Å². The van der Waals surface area contributed by atoms with Gasteiger partial charge in [-0.05, 0) is 39.5 Å². The number of hydrogen-bond donors (Lipinski definition) is 0. The molecule has 0 atom stereocenters. The van der Waals surface area contributed by atoms with E-state index in [0.29, 0.717) is 9.35 Å². The first-order valence-corrected chi connectivity index (χ1v) is 6.99. The lowest BCUT2D eigenvalue weighted by Gasteiger charge is -2.05. The summed E-state index contributed by atoms with van der Waals surface area (Å²) in [5, 5.41) is 12.5. The van der Waals surface area contributed by atoms with Crippen LogP contribution in [0.1, 0.15) is 9.67 Å². The molecule has 5 nitrogen and oxygen atoms in total. The number of halogens is 2. The maximum absolute atomic E-state index is 13.0. The molecular formula is C12H7BrFNO4S. The zero-order valence-electron chi connectivity index (χ0n) is 9.84. The molecule has 0 N–H and O–H groups in total. The number of carbonyl (C=O) groups excluding carboxylic acids is 1. The smallest absolute Gasteiger partial charge is 0.313 e. The number of ether oxygens (including phenoxy) is 1. The molecule has 0 unspecified atom stereocenters. The topological polar surface area (TPSA) is 69.4 Å². The second-order valence-electron chi connectivity index (χ2n) is 3.68. The first-order valence-electron chi connectivity index (χ1n) is 5.32. The minimum absolute atomic E-state index is 0.141. The third-order valence-electron chi connectivity index (χ3n) is 2.35. The van der Waals surface area contributed by atoms with Gasteiger partial charge in [-0.3, -0.25) is 14.9 Å². The van der Waals surface area contributed by atoms with Crippen LogP contribution in [0.2, 0.25) is 0 Å². The van der Waals surface area contributed by atoms with Crippen LogP contribution in [0, 0.1) is 15.9 Å². The van der Waals surface area contributed by atoms with Crippen molar-refractivity contribution in [3.63, 3.8) is 0 Å². The molecular weight excluding hydrogens is 353 g/mol. The molecule has 2 rings (SSSR count). The molecule has 0 spiro atoms. The Morgan fingerprint density at radius 3 is 2.80 bits per heavy atom. The lowest BCUT2D eigenvalue weighted by molar-refractivity contribution is -0.386. The SMILES string of the molecule is O=C(COc1ccc(F)cc1[N+](=O)[O-])c1sccc1Br. The number of hydrogen-bond acceptors (Lipinski definition) is 5. The van der Waals surface area contributed by atoms with E-state index < -0.39 is 16.4 Å². The molecule has 104 valence electrons. The normalized spacial score (nSPS) is 10.3. The van der Waals surface area contributed by atoms with E-state index >= 15 is 0 Å². The molecule has 0 saturated heterocycles. The van der Waals surface area contributed by atoms with Crippen LogP contribution in [0.25, 0.3) is 0 Å². The van der Waals surface area contributed by atoms with Crippen molar-refractivity contribution >= 4 is 38.7 Å². The van der Waals surface area contributed by atoms with Gasteiger partial charge in [-0.25, -0.2) is 4.39 Å². The average Bonchev–Trinajstić information content (AvgIpc) is 2.83. The summed E-state index contributed by atoms with van der Waals surface area (Å²) in [6.45, 7) is -0.356. The first-order chi connectivity index (χ1) is 9.49. The van der Waals surface area contributed by atoms with E-state index in [1.54, 1.807) is 11.4 Å². The van der Waals surface area contributed by atoms with Crippen molar-refractivity contribution in [2.24, 2.45) is 0 Å². The van der Waals surface area contributed by atoms with Crippen LogP contribution < -0.4 is 4.74 Å². The molecule has 0 saturated carbocycles. The third-order valence-corrected chi connectivity index (χ3v) is 4.23. The lowest BCUT2D eigenvalue weighted by atomic mass is 10.3. The number of nitro groups is 1. The quantitative estimate of drug-likeness (QED) is 0.462. The second kappa shape index (κ2) is 6.10. The standard InChI is InChI=1S/C12H7BrFNO4S/c13-8-3-4-20-12(8)10(16)6-19-11-2-1-7(14)5-9(11)15(17)18/h1-5H,6H2.